The standard InChI is InChI=1S/C10H17N3OS/c1-4-8-9(15-7-12-8)10(14)11-5-6-13(2)3/h7H,4-6H2,1-3H3,(H,11,14). The van der Waals surface area contributed by atoms with Gasteiger partial charge in [-0.1, -0.05) is 6.92 Å². The van der Waals surface area contributed by atoms with Crippen LogP contribution in [0.15, 0.2) is 5.51 Å². The number of likely N-dealkylation sites (N-methyl/N-ethyl adjacent to an activating group) is 1. The molecule has 0 aromatic carbocycles. The van der Waals surface area contributed by atoms with E-state index in [-0.39, 0.29) is 5.91 Å². The van der Waals surface area contributed by atoms with E-state index in [1.54, 1.807) is 5.51 Å². The molecule has 1 amide bonds. The van der Waals surface area contributed by atoms with Crippen molar-refractivity contribution in [2.45, 2.75) is 13.3 Å². The van der Waals surface area contributed by atoms with E-state index >= 15 is 0 Å². The first-order valence-corrected chi connectivity index (χ1v) is 5.88. The van der Waals surface area contributed by atoms with Crippen LogP contribution in [0.1, 0.15) is 22.3 Å². The van der Waals surface area contributed by atoms with Crippen LogP contribution >= 0.6 is 11.3 Å². The third kappa shape index (κ3) is 3.60. The highest BCUT2D eigenvalue weighted by Gasteiger charge is 2.12. The molecule has 84 valence electrons. The summed E-state index contributed by atoms with van der Waals surface area (Å²) in [4.78, 5) is 18.6. The Kier molecular flexibility index (Phi) is 4.71. The largest absolute Gasteiger partial charge is 0.350 e. The molecule has 0 bridgehead atoms. The van der Waals surface area contributed by atoms with Gasteiger partial charge in [-0.05, 0) is 20.5 Å². The molecule has 1 heterocycles. The second-order valence-corrected chi connectivity index (χ2v) is 4.40. The Morgan fingerprint density at radius 2 is 2.33 bits per heavy atom. The number of carbonyl (C=O) groups excluding carboxylic acids is 1. The Hall–Kier alpha value is -0.940. The number of hydrogen-bond donors (Lipinski definition) is 1. The monoisotopic (exact) mass is 227 g/mol. The molecule has 0 fully saturated rings. The highest BCUT2D eigenvalue weighted by atomic mass is 32.1. The molecular weight excluding hydrogens is 210 g/mol. The number of nitrogens with one attached hydrogen (secondary N) is 1. The Morgan fingerprint density at radius 3 is 2.93 bits per heavy atom. The lowest BCUT2D eigenvalue weighted by atomic mass is 10.3. The summed E-state index contributed by atoms with van der Waals surface area (Å²) in [5, 5.41) is 2.88. The van der Waals surface area contributed by atoms with Crippen molar-refractivity contribution in [3.63, 3.8) is 0 Å². The van der Waals surface area contributed by atoms with Crippen LogP contribution in [0.3, 0.4) is 0 Å². The maximum Gasteiger partial charge on any atom is 0.263 e. The molecule has 0 unspecified atom stereocenters. The van der Waals surface area contributed by atoms with Crippen molar-refractivity contribution in [2.24, 2.45) is 0 Å². The van der Waals surface area contributed by atoms with Crippen LogP contribution < -0.4 is 5.32 Å². The zero-order valence-electron chi connectivity index (χ0n) is 9.41. The highest BCUT2D eigenvalue weighted by molar-refractivity contribution is 7.11. The first kappa shape index (κ1) is 12.1. The Bertz CT molecular complexity index is 322. The number of rotatable bonds is 5. The predicted octanol–water partition coefficient (Wildman–Crippen LogP) is 0.997. The zero-order chi connectivity index (χ0) is 11.3. The van der Waals surface area contributed by atoms with Gasteiger partial charge >= 0.3 is 0 Å². The molecular formula is C10H17N3OS. The molecule has 4 nitrogen and oxygen atoms in total. The quantitative estimate of drug-likeness (QED) is 0.816. The summed E-state index contributed by atoms with van der Waals surface area (Å²) in [6.07, 6.45) is 0.805. The molecule has 1 aromatic heterocycles. The van der Waals surface area contributed by atoms with Gasteiger partial charge < -0.3 is 10.2 Å². The normalized spacial score (nSPS) is 10.7. The Morgan fingerprint density at radius 1 is 1.60 bits per heavy atom. The minimum Gasteiger partial charge on any atom is -0.350 e. The van der Waals surface area contributed by atoms with Gasteiger partial charge in [0.25, 0.3) is 5.91 Å². The van der Waals surface area contributed by atoms with Gasteiger partial charge in [-0.3, -0.25) is 4.79 Å². The fourth-order valence-corrected chi connectivity index (χ4v) is 1.98. The molecule has 0 saturated carbocycles. The van der Waals surface area contributed by atoms with Crippen LogP contribution in [0.2, 0.25) is 0 Å². The maximum atomic E-state index is 11.7. The van der Waals surface area contributed by atoms with Crippen LogP contribution in [0.25, 0.3) is 0 Å². The smallest absolute Gasteiger partial charge is 0.263 e. The summed E-state index contributed by atoms with van der Waals surface area (Å²) >= 11 is 1.40. The lowest BCUT2D eigenvalue weighted by molar-refractivity contribution is 0.0954. The fraction of sp³-hybridized carbons (Fsp3) is 0.600. The number of aryl methyl sites for hydroxylation is 1. The van der Waals surface area contributed by atoms with Crippen molar-refractivity contribution in [2.75, 3.05) is 27.2 Å². The van der Waals surface area contributed by atoms with Crippen molar-refractivity contribution in [1.82, 2.24) is 15.2 Å². The van der Waals surface area contributed by atoms with Gasteiger partial charge in [0.05, 0.1) is 11.2 Å². The summed E-state index contributed by atoms with van der Waals surface area (Å²) < 4.78 is 0. The summed E-state index contributed by atoms with van der Waals surface area (Å²) in [5.74, 6) is -0.00352. The van der Waals surface area contributed by atoms with Crippen LogP contribution in [0.4, 0.5) is 0 Å². The summed E-state index contributed by atoms with van der Waals surface area (Å²) in [6.45, 7) is 3.53. The summed E-state index contributed by atoms with van der Waals surface area (Å²) in [5.41, 5.74) is 2.61. The molecule has 0 radical (unpaired) electrons. The molecule has 15 heavy (non-hydrogen) atoms. The van der Waals surface area contributed by atoms with E-state index in [0.29, 0.717) is 6.54 Å². The number of carbonyl (C=O) groups is 1. The first-order valence-electron chi connectivity index (χ1n) is 5.00. The van der Waals surface area contributed by atoms with Crippen molar-refractivity contribution < 1.29 is 4.79 Å². The van der Waals surface area contributed by atoms with Crippen LogP contribution in [0.5, 0.6) is 0 Å². The van der Waals surface area contributed by atoms with Gasteiger partial charge in [0.2, 0.25) is 0 Å². The molecule has 0 spiro atoms. The molecule has 5 heteroatoms. The second kappa shape index (κ2) is 5.82. The molecule has 1 aromatic rings. The van der Waals surface area contributed by atoms with Crippen LogP contribution in [-0.4, -0.2) is 43.0 Å². The third-order valence-corrected chi connectivity index (χ3v) is 2.89. The Balaban J connectivity index is 2.47. The number of amides is 1. The van der Waals surface area contributed by atoms with Gasteiger partial charge in [-0.15, -0.1) is 11.3 Å². The number of aromatic nitrogens is 1. The van der Waals surface area contributed by atoms with Crippen LogP contribution in [0, 0.1) is 0 Å². The summed E-state index contributed by atoms with van der Waals surface area (Å²) in [7, 11) is 3.96. The molecule has 0 saturated heterocycles. The lowest BCUT2D eigenvalue weighted by Gasteiger charge is -2.09. The minimum atomic E-state index is -0.00352. The van der Waals surface area contributed by atoms with Crippen LogP contribution in [-0.2, 0) is 6.42 Å². The van der Waals surface area contributed by atoms with E-state index in [4.69, 9.17) is 0 Å². The molecule has 1 rings (SSSR count). The molecule has 0 aliphatic rings. The summed E-state index contributed by atoms with van der Waals surface area (Å²) in [6, 6.07) is 0. The van der Waals surface area contributed by atoms with E-state index < -0.39 is 0 Å². The van der Waals surface area contributed by atoms with E-state index in [1.165, 1.54) is 11.3 Å². The molecule has 0 aliphatic carbocycles. The second-order valence-electron chi connectivity index (χ2n) is 3.54. The molecule has 0 atom stereocenters. The maximum absolute atomic E-state index is 11.7. The predicted molar refractivity (Wildman–Crippen MR) is 62.4 cm³/mol. The average molecular weight is 227 g/mol. The SMILES string of the molecule is CCc1ncsc1C(=O)NCCN(C)C. The van der Waals surface area contributed by atoms with E-state index in [2.05, 4.69) is 10.3 Å². The number of nitrogens with zero attached hydrogens (tertiary/aromatic N) is 2. The number of hydrogen-bond acceptors (Lipinski definition) is 4. The highest BCUT2D eigenvalue weighted by Crippen LogP contribution is 2.13. The van der Waals surface area contributed by atoms with Gasteiger partial charge in [0.1, 0.15) is 4.88 Å². The van der Waals surface area contributed by atoms with Crippen molar-refractivity contribution in [1.29, 1.82) is 0 Å². The molecule has 1 N–H and O–H groups in total. The fourth-order valence-electron chi connectivity index (χ4n) is 1.18. The van der Waals surface area contributed by atoms with Gasteiger partial charge in [0.15, 0.2) is 0 Å². The van der Waals surface area contributed by atoms with E-state index in [1.807, 2.05) is 25.9 Å². The Labute approximate surface area is 94.3 Å². The third-order valence-electron chi connectivity index (χ3n) is 2.03. The average Bonchev–Trinajstić information content (AvgIpc) is 2.64. The van der Waals surface area contributed by atoms with E-state index in [9.17, 15) is 4.79 Å². The van der Waals surface area contributed by atoms with E-state index in [0.717, 1.165) is 23.5 Å². The number of thiazole rings is 1. The minimum absolute atomic E-state index is 0.00352. The van der Waals surface area contributed by atoms with Crippen molar-refractivity contribution in [3.05, 3.63) is 16.1 Å². The first-order chi connectivity index (χ1) is 7.15. The van der Waals surface area contributed by atoms with Gasteiger partial charge in [0, 0.05) is 13.1 Å². The van der Waals surface area contributed by atoms with Crippen molar-refractivity contribution in [3.8, 4) is 0 Å². The zero-order valence-corrected chi connectivity index (χ0v) is 10.2. The van der Waals surface area contributed by atoms with Crippen molar-refractivity contribution >= 4 is 17.2 Å². The van der Waals surface area contributed by atoms with Gasteiger partial charge in [-0.25, -0.2) is 4.98 Å². The van der Waals surface area contributed by atoms with Gasteiger partial charge in [-0.2, -0.15) is 0 Å². The molecule has 0 aliphatic heterocycles. The lowest BCUT2D eigenvalue weighted by Crippen LogP contribution is -2.31. The topological polar surface area (TPSA) is 45.2 Å².